The lowest BCUT2D eigenvalue weighted by molar-refractivity contribution is 0.621. The summed E-state index contributed by atoms with van der Waals surface area (Å²) >= 11 is 8.01. The van der Waals surface area contributed by atoms with Crippen molar-refractivity contribution in [2.45, 2.75) is 25.8 Å². The zero-order valence-electron chi connectivity index (χ0n) is 10.5. The summed E-state index contributed by atoms with van der Waals surface area (Å²) in [6.45, 7) is 0.914. The average Bonchev–Trinajstić information content (AvgIpc) is 2.68. The number of unbranched alkanes of at least 4 members (excludes halogenated alkanes) is 2. The number of halogens is 1. The highest BCUT2D eigenvalue weighted by Crippen LogP contribution is 2.25. The number of aryl methyl sites for hydroxylation is 1. The fourth-order valence-corrected chi connectivity index (χ4v) is 2.76. The van der Waals surface area contributed by atoms with Crippen molar-refractivity contribution in [3.8, 4) is 0 Å². The molecule has 0 radical (unpaired) electrons. The molecule has 3 nitrogen and oxygen atoms in total. The fraction of sp³-hybridized carbons (Fsp3) is 0.462. The number of thioether (sulfide) groups is 1. The Morgan fingerprint density at radius 1 is 1.33 bits per heavy atom. The molecule has 18 heavy (non-hydrogen) atoms. The van der Waals surface area contributed by atoms with E-state index < -0.39 is 0 Å². The minimum absolute atomic E-state index is 0.558. The third kappa shape index (κ3) is 2.93. The molecule has 1 heterocycles. The second-order valence-corrected chi connectivity index (χ2v) is 5.68. The van der Waals surface area contributed by atoms with Gasteiger partial charge >= 0.3 is 0 Å². The molecule has 0 aliphatic carbocycles. The van der Waals surface area contributed by atoms with Gasteiger partial charge in [-0.2, -0.15) is 11.8 Å². The lowest BCUT2D eigenvalue weighted by atomic mass is 10.2. The summed E-state index contributed by atoms with van der Waals surface area (Å²) < 4.78 is 2.06. The van der Waals surface area contributed by atoms with Crippen LogP contribution in [0.5, 0.6) is 0 Å². The Morgan fingerprint density at radius 3 is 2.94 bits per heavy atom. The van der Waals surface area contributed by atoms with Crippen LogP contribution in [0.25, 0.3) is 11.0 Å². The second-order valence-electron chi connectivity index (χ2n) is 4.28. The van der Waals surface area contributed by atoms with Crippen molar-refractivity contribution in [1.82, 2.24) is 9.55 Å². The van der Waals surface area contributed by atoms with E-state index in [0.29, 0.717) is 11.0 Å². The number of rotatable bonds is 6. The standard InChI is InChI=1S/C13H18ClN3S/c1-18-9-4-2-3-8-17-11-7-5-6-10(14)12(11)16-13(17)15/h5-7H,2-4,8-9H2,1H3,(H2,15,16). The number of anilines is 1. The fourth-order valence-electron chi connectivity index (χ4n) is 2.06. The van der Waals surface area contributed by atoms with Crippen LogP contribution in [-0.2, 0) is 6.54 Å². The van der Waals surface area contributed by atoms with Gasteiger partial charge in [-0.1, -0.05) is 24.1 Å². The highest BCUT2D eigenvalue weighted by molar-refractivity contribution is 7.98. The number of nitrogens with two attached hydrogens (primary N) is 1. The van der Waals surface area contributed by atoms with Gasteiger partial charge in [-0.05, 0) is 37.0 Å². The minimum Gasteiger partial charge on any atom is -0.369 e. The van der Waals surface area contributed by atoms with E-state index in [-0.39, 0.29) is 0 Å². The van der Waals surface area contributed by atoms with Gasteiger partial charge in [-0.15, -0.1) is 0 Å². The number of imidazole rings is 1. The molecule has 0 saturated heterocycles. The van der Waals surface area contributed by atoms with Crippen LogP contribution in [0, 0.1) is 0 Å². The Balaban J connectivity index is 2.08. The van der Waals surface area contributed by atoms with E-state index in [1.165, 1.54) is 18.6 Å². The molecule has 0 bridgehead atoms. The summed E-state index contributed by atoms with van der Waals surface area (Å²) in [7, 11) is 0. The molecule has 1 aromatic carbocycles. The Kier molecular flexibility index (Phi) is 4.78. The molecule has 98 valence electrons. The highest BCUT2D eigenvalue weighted by atomic mass is 35.5. The van der Waals surface area contributed by atoms with Crippen molar-refractivity contribution >= 4 is 40.3 Å². The summed E-state index contributed by atoms with van der Waals surface area (Å²) in [6.07, 6.45) is 5.75. The predicted molar refractivity (Wildman–Crippen MR) is 81.4 cm³/mol. The van der Waals surface area contributed by atoms with Crippen molar-refractivity contribution in [3.05, 3.63) is 23.2 Å². The molecule has 1 aromatic heterocycles. The zero-order chi connectivity index (χ0) is 13.0. The van der Waals surface area contributed by atoms with Crippen molar-refractivity contribution in [1.29, 1.82) is 0 Å². The maximum atomic E-state index is 6.11. The first kappa shape index (κ1) is 13.6. The van der Waals surface area contributed by atoms with Crippen LogP contribution in [-0.4, -0.2) is 21.6 Å². The number of nitrogens with zero attached hydrogens (tertiary/aromatic N) is 2. The minimum atomic E-state index is 0.558. The van der Waals surface area contributed by atoms with Gasteiger partial charge in [-0.3, -0.25) is 0 Å². The normalized spacial score (nSPS) is 11.2. The molecule has 0 spiro atoms. The van der Waals surface area contributed by atoms with Crippen molar-refractivity contribution in [3.63, 3.8) is 0 Å². The molecule has 0 aliphatic heterocycles. The van der Waals surface area contributed by atoms with Gasteiger partial charge in [0.25, 0.3) is 0 Å². The summed E-state index contributed by atoms with van der Waals surface area (Å²) in [5, 5.41) is 0.667. The first-order valence-electron chi connectivity index (χ1n) is 6.13. The van der Waals surface area contributed by atoms with Gasteiger partial charge in [0, 0.05) is 6.54 Å². The molecule has 0 fully saturated rings. The van der Waals surface area contributed by atoms with Crippen molar-refractivity contribution in [2.75, 3.05) is 17.7 Å². The zero-order valence-corrected chi connectivity index (χ0v) is 12.1. The van der Waals surface area contributed by atoms with Crippen LogP contribution in [0.2, 0.25) is 5.02 Å². The highest BCUT2D eigenvalue weighted by Gasteiger charge is 2.09. The summed E-state index contributed by atoms with van der Waals surface area (Å²) in [6, 6.07) is 5.81. The lowest BCUT2D eigenvalue weighted by Crippen LogP contribution is -2.03. The van der Waals surface area contributed by atoms with E-state index >= 15 is 0 Å². The molecular weight excluding hydrogens is 266 g/mol. The predicted octanol–water partition coefficient (Wildman–Crippen LogP) is 3.81. The van der Waals surface area contributed by atoms with Gasteiger partial charge in [0.1, 0.15) is 5.52 Å². The molecule has 0 atom stereocenters. The molecule has 0 unspecified atom stereocenters. The Hall–Kier alpha value is -0.870. The van der Waals surface area contributed by atoms with Crippen LogP contribution in [0.1, 0.15) is 19.3 Å². The quantitative estimate of drug-likeness (QED) is 0.820. The van der Waals surface area contributed by atoms with Crippen LogP contribution < -0.4 is 5.73 Å². The maximum absolute atomic E-state index is 6.11. The van der Waals surface area contributed by atoms with E-state index in [9.17, 15) is 0 Å². The van der Waals surface area contributed by atoms with Crippen LogP contribution in [0.15, 0.2) is 18.2 Å². The SMILES string of the molecule is CSCCCCCn1c(N)nc2c(Cl)cccc21. The number of hydrogen-bond donors (Lipinski definition) is 1. The van der Waals surface area contributed by atoms with Gasteiger partial charge in [0.05, 0.1) is 10.5 Å². The number of para-hydroxylation sites is 1. The van der Waals surface area contributed by atoms with Crippen LogP contribution >= 0.6 is 23.4 Å². The Labute approximate surface area is 117 Å². The van der Waals surface area contributed by atoms with Crippen molar-refractivity contribution in [2.24, 2.45) is 0 Å². The molecule has 0 saturated carbocycles. The van der Waals surface area contributed by atoms with Gasteiger partial charge < -0.3 is 10.3 Å². The summed E-state index contributed by atoms with van der Waals surface area (Å²) in [5.41, 5.74) is 7.79. The van der Waals surface area contributed by atoms with E-state index in [0.717, 1.165) is 24.0 Å². The first-order chi connectivity index (χ1) is 8.74. The van der Waals surface area contributed by atoms with E-state index in [4.69, 9.17) is 17.3 Å². The molecule has 0 aliphatic rings. The molecule has 2 rings (SSSR count). The third-order valence-electron chi connectivity index (χ3n) is 2.99. The molecule has 2 aromatic rings. The molecule has 5 heteroatoms. The first-order valence-corrected chi connectivity index (χ1v) is 7.90. The second kappa shape index (κ2) is 6.34. The summed E-state index contributed by atoms with van der Waals surface area (Å²) in [4.78, 5) is 4.33. The largest absolute Gasteiger partial charge is 0.369 e. The van der Waals surface area contributed by atoms with E-state index in [2.05, 4.69) is 15.8 Å². The number of fused-ring (bicyclic) bond motifs is 1. The van der Waals surface area contributed by atoms with E-state index in [1.54, 1.807) is 0 Å². The average molecular weight is 284 g/mol. The van der Waals surface area contributed by atoms with Gasteiger partial charge in [0.2, 0.25) is 5.95 Å². The Bertz CT molecular complexity index is 524. The van der Waals surface area contributed by atoms with Gasteiger partial charge in [-0.25, -0.2) is 4.98 Å². The van der Waals surface area contributed by atoms with Crippen LogP contribution in [0.3, 0.4) is 0 Å². The number of benzene rings is 1. The topological polar surface area (TPSA) is 43.8 Å². The molecule has 2 N–H and O–H groups in total. The van der Waals surface area contributed by atoms with Crippen LogP contribution in [0.4, 0.5) is 5.95 Å². The third-order valence-corrected chi connectivity index (χ3v) is 3.99. The molecule has 0 amide bonds. The lowest BCUT2D eigenvalue weighted by Gasteiger charge is -2.06. The van der Waals surface area contributed by atoms with Gasteiger partial charge in [0.15, 0.2) is 0 Å². The van der Waals surface area contributed by atoms with E-state index in [1.807, 2.05) is 30.0 Å². The van der Waals surface area contributed by atoms with Crippen molar-refractivity contribution < 1.29 is 0 Å². The number of aromatic nitrogens is 2. The number of hydrogen-bond acceptors (Lipinski definition) is 3. The Morgan fingerprint density at radius 2 is 2.17 bits per heavy atom. The number of nitrogen functional groups attached to an aromatic ring is 1. The molecular formula is C13H18ClN3S. The maximum Gasteiger partial charge on any atom is 0.201 e. The summed E-state index contributed by atoms with van der Waals surface area (Å²) in [5.74, 6) is 1.79. The monoisotopic (exact) mass is 283 g/mol. The smallest absolute Gasteiger partial charge is 0.201 e.